The van der Waals surface area contributed by atoms with E-state index in [1.807, 2.05) is 36.4 Å². The number of hydrogen-bond acceptors (Lipinski definition) is 5. The number of esters is 1. The van der Waals surface area contributed by atoms with Crippen LogP contribution in [0.3, 0.4) is 0 Å². The lowest BCUT2D eigenvalue weighted by Gasteiger charge is -2.22. The second kappa shape index (κ2) is 9.40. The Hall–Kier alpha value is -3.71. The van der Waals surface area contributed by atoms with Crippen LogP contribution in [0.15, 0.2) is 77.7 Å². The molecule has 4 aromatic rings. The molecule has 0 aliphatic carbocycles. The van der Waals surface area contributed by atoms with Gasteiger partial charge in [0.25, 0.3) is 5.56 Å². The lowest BCUT2D eigenvalue weighted by molar-refractivity contribution is 0.0528. The number of rotatable bonds is 8. The van der Waals surface area contributed by atoms with Crippen molar-refractivity contribution in [3.05, 3.63) is 106 Å². The Morgan fingerprint density at radius 2 is 1.61 bits per heavy atom. The standard InChI is InChI=1S/C24H24N4O3/c1-2-31-24(30)21-14-25-28-22(29)13-20(26-23(21)28)17-27(15-18-9-5-3-6-10-18)16-19-11-7-4-8-12-19/h3-14,25H,2,15-17H2,1H3. The Morgan fingerprint density at radius 1 is 1.00 bits per heavy atom. The van der Waals surface area contributed by atoms with Gasteiger partial charge in [0.2, 0.25) is 0 Å². The normalized spacial score (nSPS) is 11.2. The number of nitrogens with zero attached hydrogens (tertiary/aromatic N) is 3. The van der Waals surface area contributed by atoms with Crippen LogP contribution >= 0.6 is 0 Å². The van der Waals surface area contributed by atoms with Crippen LogP contribution in [-0.2, 0) is 24.4 Å². The van der Waals surface area contributed by atoms with Gasteiger partial charge in [-0.2, -0.15) is 0 Å². The summed E-state index contributed by atoms with van der Waals surface area (Å²) in [5.74, 6) is -0.504. The van der Waals surface area contributed by atoms with Gasteiger partial charge < -0.3 is 4.74 Å². The Bertz CT molecular complexity index is 1170. The fourth-order valence-corrected chi connectivity index (χ4v) is 3.55. The van der Waals surface area contributed by atoms with Crippen LogP contribution in [0.2, 0.25) is 0 Å². The summed E-state index contributed by atoms with van der Waals surface area (Å²) in [6.45, 7) is 3.86. The van der Waals surface area contributed by atoms with Crippen molar-refractivity contribution in [3.8, 4) is 0 Å². The van der Waals surface area contributed by atoms with Crippen LogP contribution in [-0.4, -0.2) is 32.1 Å². The highest BCUT2D eigenvalue weighted by Crippen LogP contribution is 2.14. The molecular weight excluding hydrogens is 392 g/mol. The molecule has 2 aromatic carbocycles. The van der Waals surface area contributed by atoms with E-state index in [0.717, 1.165) is 0 Å². The molecule has 4 rings (SSSR count). The van der Waals surface area contributed by atoms with Gasteiger partial charge in [-0.15, -0.1) is 0 Å². The average molecular weight is 416 g/mol. The number of aromatic amines is 1. The zero-order valence-corrected chi connectivity index (χ0v) is 17.3. The molecule has 0 atom stereocenters. The topological polar surface area (TPSA) is 79.7 Å². The summed E-state index contributed by atoms with van der Waals surface area (Å²) in [6, 6.07) is 21.8. The summed E-state index contributed by atoms with van der Waals surface area (Å²) in [4.78, 5) is 31.7. The van der Waals surface area contributed by atoms with Crippen molar-refractivity contribution in [1.82, 2.24) is 19.5 Å². The van der Waals surface area contributed by atoms with E-state index in [0.29, 0.717) is 25.3 Å². The van der Waals surface area contributed by atoms with Crippen LogP contribution < -0.4 is 5.56 Å². The van der Waals surface area contributed by atoms with Crippen molar-refractivity contribution in [1.29, 1.82) is 0 Å². The van der Waals surface area contributed by atoms with Gasteiger partial charge in [-0.25, -0.2) is 14.3 Å². The van der Waals surface area contributed by atoms with Crippen LogP contribution in [0.1, 0.15) is 34.1 Å². The quantitative estimate of drug-likeness (QED) is 0.446. The third kappa shape index (κ3) is 4.90. The molecule has 0 aliphatic heterocycles. The summed E-state index contributed by atoms with van der Waals surface area (Å²) >= 11 is 0. The number of aromatic nitrogens is 3. The highest BCUT2D eigenvalue weighted by Gasteiger charge is 2.18. The Labute approximate surface area is 179 Å². The molecule has 0 radical (unpaired) electrons. The van der Waals surface area contributed by atoms with E-state index < -0.39 is 5.97 Å². The summed E-state index contributed by atoms with van der Waals surface area (Å²) in [5.41, 5.74) is 3.20. The summed E-state index contributed by atoms with van der Waals surface area (Å²) in [5, 5.41) is 2.78. The van der Waals surface area contributed by atoms with Crippen molar-refractivity contribution in [2.45, 2.75) is 26.6 Å². The van der Waals surface area contributed by atoms with E-state index >= 15 is 0 Å². The van der Waals surface area contributed by atoms with Gasteiger partial charge >= 0.3 is 5.97 Å². The molecule has 1 N–H and O–H groups in total. The molecule has 2 heterocycles. The zero-order valence-electron chi connectivity index (χ0n) is 17.3. The van der Waals surface area contributed by atoms with Crippen molar-refractivity contribution in [2.24, 2.45) is 0 Å². The first-order chi connectivity index (χ1) is 15.1. The fraction of sp³-hybridized carbons (Fsp3) is 0.208. The first-order valence-electron chi connectivity index (χ1n) is 10.2. The predicted octanol–water partition coefficient (Wildman–Crippen LogP) is 3.40. The van der Waals surface area contributed by atoms with Crippen LogP contribution in [0, 0.1) is 0 Å². The molecule has 0 aliphatic rings. The molecule has 7 heteroatoms. The third-order valence-electron chi connectivity index (χ3n) is 4.93. The minimum Gasteiger partial charge on any atom is -0.462 e. The summed E-state index contributed by atoms with van der Waals surface area (Å²) in [6.07, 6.45) is 1.46. The number of fused-ring (bicyclic) bond motifs is 1. The minimum atomic E-state index is -0.504. The van der Waals surface area contributed by atoms with Gasteiger partial charge in [0.1, 0.15) is 5.56 Å². The van der Waals surface area contributed by atoms with Gasteiger partial charge in [0.05, 0.1) is 12.3 Å². The Balaban J connectivity index is 1.65. The molecular formula is C24H24N4O3. The molecule has 0 saturated carbocycles. The first-order valence-corrected chi connectivity index (χ1v) is 10.2. The SMILES string of the molecule is CCOC(=O)c1c[nH]n2c(=O)cc(CN(Cc3ccccc3)Cc3ccccc3)nc12. The molecule has 31 heavy (non-hydrogen) atoms. The second-order valence-corrected chi connectivity index (χ2v) is 7.27. The molecule has 158 valence electrons. The third-order valence-corrected chi connectivity index (χ3v) is 4.93. The molecule has 0 unspecified atom stereocenters. The average Bonchev–Trinajstić information content (AvgIpc) is 3.20. The van der Waals surface area contributed by atoms with E-state index in [2.05, 4.69) is 39.2 Å². The second-order valence-electron chi connectivity index (χ2n) is 7.27. The Kier molecular flexibility index (Phi) is 6.24. The van der Waals surface area contributed by atoms with Crippen LogP contribution in [0.4, 0.5) is 0 Å². The molecule has 0 bridgehead atoms. The molecule has 2 aromatic heterocycles. The molecule has 0 saturated heterocycles. The Morgan fingerprint density at radius 3 is 2.19 bits per heavy atom. The maximum Gasteiger partial charge on any atom is 0.343 e. The number of ether oxygens (including phenoxy) is 1. The number of H-pyrrole nitrogens is 1. The minimum absolute atomic E-state index is 0.249. The molecule has 0 amide bonds. The summed E-state index contributed by atoms with van der Waals surface area (Å²) < 4.78 is 6.35. The van der Waals surface area contributed by atoms with Crippen molar-refractivity contribution in [3.63, 3.8) is 0 Å². The molecule has 0 spiro atoms. The summed E-state index contributed by atoms with van der Waals surface area (Å²) in [7, 11) is 0. The largest absolute Gasteiger partial charge is 0.462 e. The van der Waals surface area contributed by atoms with Gasteiger partial charge in [-0.3, -0.25) is 14.8 Å². The van der Waals surface area contributed by atoms with E-state index in [1.54, 1.807) is 6.92 Å². The smallest absolute Gasteiger partial charge is 0.343 e. The highest BCUT2D eigenvalue weighted by molar-refractivity contribution is 5.95. The van der Waals surface area contributed by atoms with Crippen molar-refractivity contribution in [2.75, 3.05) is 6.61 Å². The van der Waals surface area contributed by atoms with Gasteiger partial charge in [0.15, 0.2) is 5.65 Å². The van der Waals surface area contributed by atoms with Crippen molar-refractivity contribution < 1.29 is 9.53 Å². The number of carbonyl (C=O) groups excluding carboxylic acids is 1. The van der Waals surface area contributed by atoms with Crippen LogP contribution in [0.25, 0.3) is 5.65 Å². The van der Waals surface area contributed by atoms with E-state index in [1.165, 1.54) is 27.9 Å². The molecule has 7 nitrogen and oxygen atoms in total. The van der Waals surface area contributed by atoms with E-state index in [-0.39, 0.29) is 23.4 Å². The highest BCUT2D eigenvalue weighted by atomic mass is 16.5. The number of nitrogens with one attached hydrogen (secondary N) is 1. The number of hydrogen-bond donors (Lipinski definition) is 1. The maximum atomic E-state index is 12.6. The predicted molar refractivity (Wildman–Crippen MR) is 118 cm³/mol. The lowest BCUT2D eigenvalue weighted by atomic mass is 10.1. The zero-order chi connectivity index (χ0) is 21.6. The van der Waals surface area contributed by atoms with Crippen molar-refractivity contribution >= 4 is 11.6 Å². The maximum absolute atomic E-state index is 12.6. The number of carbonyl (C=O) groups is 1. The van der Waals surface area contributed by atoms with Gasteiger partial charge in [0, 0.05) is 31.9 Å². The lowest BCUT2D eigenvalue weighted by Crippen LogP contribution is -2.25. The van der Waals surface area contributed by atoms with E-state index in [9.17, 15) is 9.59 Å². The fourth-order valence-electron chi connectivity index (χ4n) is 3.55. The monoisotopic (exact) mass is 416 g/mol. The van der Waals surface area contributed by atoms with Gasteiger partial charge in [-0.1, -0.05) is 60.7 Å². The van der Waals surface area contributed by atoms with Crippen LogP contribution in [0.5, 0.6) is 0 Å². The first kappa shape index (κ1) is 20.6. The van der Waals surface area contributed by atoms with Gasteiger partial charge in [-0.05, 0) is 18.1 Å². The number of benzene rings is 2. The van der Waals surface area contributed by atoms with E-state index in [4.69, 9.17) is 4.74 Å². The molecule has 0 fully saturated rings.